The number of isocyanates is 3. The van der Waals surface area contributed by atoms with Gasteiger partial charge >= 0.3 is 35.9 Å². The van der Waals surface area contributed by atoms with Crippen LogP contribution in [0.5, 0.6) is 0 Å². The molecule has 2 heterocycles. The van der Waals surface area contributed by atoms with Gasteiger partial charge in [0.05, 0.1) is 18.1 Å². The highest BCUT2D eigenvalue weighted by Crippen LogP contribution is 2.41. The number of amides is 4. The van der Waals surface area contributed by atoms with E-state index in [0.29, 0.717) is 55.1 Å². The predicted molar refractivity (Wildman–Crippen MR) is 391 cm³/mol. The van der Waals surface area contributed by atoms with Crippen LogP contribution in [0.4, 0.5) is 4.79 Å². The van der Waals surface area contributed by atoms with Gasteiger partial charge in [-0.3, -0.25) is 24.1 Å². The second-order valence-corrected chi connectivity index (χ2v) is 28.3. The topological polar surface area (TPSA) is 319 Å². The van der Waals surface area contributed by atoms with Crippen molar-refractivity contribution in [3.8, 4) is 0 Å². The van der Waals surface area contributed by atoms with E-state index in [0.717, 1.165) is 197 Å². The van der Waals surface area contributed by atoms with Crippen LogP contribution in [0.3, 0.4) is 0 Å². The first-order valence-corrected chi connectivity index (χ1v) is 42.6. The van der Waals surface area contributed by atoms with Crippen LogP contribution in [0.1, 0.15) is 258 Å². The number of likely N-dealkylation sites (tertiary alicyclic amines) is 1. The molecule has 6 aliphatic carbocycles. The van der Waals surface area contributed by atoms with E-state index in [4.69, 9.17) is 24.1 Å². The minimum Gasteiger partial charge on any atom is -0.435 e. The molecule has 0 aromatic rings. The van der Waals surface area contributed by atoms with Gasteiger partial charge in [-0.1, -0.05) is 58.3 Å². The van der Waals surface area contributed by atoms with Gasteiger partial charge in [-0.05, 0) is 241 Å². The number of aliphatic hydroxyl groups is 1. The maximum absolute atomic E-state index is 12.6. The number of carbonyl (C=O) groups excluding carboxylic acids is 11. The Morgan fingerprint density at radius 1 is 0.475 bits per heavy atom. The maximum atomic E-state index is 12.6. The fourth-order valence-electron chi connectivity index (χ4n) is 14.7. The number of ether oxygens (including phenoxy) is 5. The van der Waals surface area contributed by atoms with Crippen molar-refractivity contribution in [2.24, 2.45) is 62.3 Å². The molecule has 2 saturated heterocycles. The van der Waals surface area contributed by atoms with Crippen LogP contribution in [0.25, 0.3) is 0 Å². The molecule has 0 aromatic heterocycles. The van der Waals surface area contributed by atoms with E-state index in [9.17, 15) is 52.7 Å². The van der Waals surface area contributed by atoms with Crippen LogP contribution in [0, 0.1) is 47.3 Å². The third-order valence-electron chi connectivity index (χ3n) is 20.5. The minimum atomic E-state index is -0.578. The Morgan fingerprint density at radius 3 is 1.16 bits per heavy atom. The Labute approximate surface area is 611 Å². The number of nitrogens with one attached hydrogen (secondary N) is 2. The summed E-state index contributed by atoms with van der Waals surface area (Å²) in [4.78, 5) is 136. The number of aliphatic imine (C=N–C) groups is 3. The van der Waals surface area contributed by atoms with Gasteiger partial charge < -0.3 is 39.4 Å². The molecule has 8 aliphatic rings. The summed E-state index contributed by atoms with van der Waals surface area (Å²) in [6.45, 7) is 15.0. The zero-order valence-electron chi connectivity index (χ0n) is 59.3. The first-order chi connectivity index (χ1) is 47.7. The summed E-state index contributed by atoms with van der Waals surface area (Å²) in [5.41, 5.74) is 0.857. The molecule has 99 heavy (non-hydrogen) atoms. The van der Waals surface area contributed by atoms with Crippen molar-refractivity contribution in [3.05, 3.63) is 36.5 Å². The van der Waals surface area contributed by atoms with Gasteiger partial charge in [0.25, 0.3) is 0 Å². The summed E-state index contributed by atoms with van der Waals surface area (Å²) in [7, 11) is 0. The normalized spacial score (nSPS) is 26.5. The molecule has 25 heteroatoms. The highest BCUT2D eigenvalue weighted by Gasteiger charge is 2.33. The molecular weight excluding hydrogens is 1500 g/mol. The average Bonchev–Trinajstić information content (AvgIpc) is 1.63. The number of rotatable bonds is 22. The van der Waals surface area contributed by atoms with Crippen molar-refractivity contribution in [1.82, 2.24) is 15.5 Å². The molecule has 0 spiro atoms. The number of esters is 5. The van der Waals surface area contributed by atoms with E-state index in [2.05, 4.69) is 87.3 Å². The summed E-state index contributed by atoms with van der Waals surface area (Å²) in [6, 6.07) is 0.616. The lowest BCUT2D eigenvalue weighted by atomic mass is 9.74. The summed E-state index contributed by atoms with van der Waals surface area (Å²) in [5, 5.41) is 13.9. The summed E-state index contributed by atoms with van der Waals surface area (Å²) < 4.78 is 23.7. The number of imide groups is 1. The Kier molecular flexibility index (Phi) is 46.5. The van der Waals surface area contributed by atoms with Gasteiger partial charge in [-0.2, -0.15) is 0 Å². The van der Waals surface area contributed by atoms with Crippen LogP contribution in [-0.4, -0.2) is 134 Å². The lowest BCUT2D eigenvalue weighted by Gasteiger charge is -2.34. The monoisotopic (exact) mass is 1610 g/mol. The van der Waals surface area contributed by atoms with Gasteiger partial charge in [-0.15, -0.1) is 0 Å². The van der Waals surface area contributed by atoms with E-state index in [1.807, 2.05) is 0 Å². The standard InChI is InChI=1S/C27H42N2O6.C21H31NO5.C15H22N2O2.C6H11NO.C5H8O3.I2/c1-19(2)26(32)35-18-34-25(31)17-22-9-7-20(8-10-22)16-21-11-13-23(14-12-21)28-27(33)29-15-5-3-4-6-24(29)30;1-15(2)21(25)27-14-26-20(24)12-18-5-3-16(4-6-18)11-17-7-9-19(10-8-17)22-13-23;18-10-16-14-5-1-12(2-6-14)9-13-3-7-15(8-4-13)17-11-19;8-6-4-2-1-3-5-7-6;1-4(2)5(7)8-3-6;1-2/h20-23H,1,3-18H2,2H3,(H,28,33);16-19H,1,3-12,14H2,2H3;12-15H,1-9H2;1-5H2,(H,7,8);6H,1,3H2,2H3;. The predicted octanol–water partition coefficient (Wildman–Crippen LogP) is 14.6. The second kappa shape index (κ2) is 52.5. The van der Waals surface area contributed by atoms with Crippen LogP contribution in [-0.2, 0) is 71.6 Å². The quantitative estimate of drug-likeness (QED) is 0.0172. The minimum absolute atomic E-state index is 0.0382. The third-order valence-corrected chi connectivity index (χ3v) is 20.5. The van der Waals surface area contributed by atoms with Crippen LogP contribution in [0.2, 0.25) is 0 Å². The molecule has 0 aromatic carbocycles. The van der Waals surface area contributed by atoms with E-state index in [1.165, 1.54) is 63.2 Å². The van der Waals surface area contributed by atoms with Crippen molar-refractivity contribution in [2.45, 2.75) is 283 Å². The van der Waals surface area contributed by atoms with E-state index >= 15 is 0 Å². The summed E-state index contributed by atoms with van der Waals surface area (Å²) in [6.07, 6.45) is 43.3. The lowest BCUT2D eigenvalue weighted by molar-refractivity contribution is -0.167. The van der Waals surface area contributed by atoms with Crippen molar-refractivity contribution < 1.29 is 81.5 Å². The smallest absolute Gasteiger partial charge is 0.335 e. The number of urea groups is 1. The molecule has 556 valence electrons. The highest BCUT2D eigenvalue weighted by molar-refractivity contribution is 15.0. The van der Waals surface area contributed by atoms with Crippen molar-refractivity contribution in [1.29, 1.82) is 0 Å². The number of hydrogen-bond acceptors (Lipinski definition) is 20. The molecule has 0 radical (unpaired) electrons. The molecule has 2 aliphatic heterocycles. The Balaban J connectivity index is 0.000000352. The number of carbonyl (C=O) groups is 8. The number of aliphatic hydroxyl groups excluding tert-OH is 1. The van der Waals surface area contributed by atoms with Crippen molar-refractivity contribution in [3.63, 3.8) is 0 Å². The third kappa shape index (κ3) is 39.0. The van der Waals surface area contributed by atoms with Crippen LogP contribution >= 0.6 is 37.2 Å². The lowest BCUT2D eigenvalue weighted by Crippen LogP contribution is -2.48. The average molecular weight is 1610 g/mol. The van der Waals surface area contributed by atoms with Gasteiger partial charge in [0.15, 0.2) is 6.79 Å². The van der Waals surface area contributed by atoms with E-state index < -0.39 is 24.7 Å². The van der Waals surface area contributed by atoms with Crippen molar-refractivity contribution in [2.75, 3.05) is 33.5 Å². The first-order valence-electron chi connectivity index (χ1n) is 36.3. The second-order valence-electron chi connectivity index (χ2n) is 28.3. The largest absolute Gasteiger partial charge is 0.435 e. The number of hydrogen-bond donors (Lipinski definition) is 3. The molecule has 0 bridgehead atoms. The molecule has 0 unspecified atom stereocenters. The molecule has 0 atom stereocenters. The maximum Gasteiger partial charge on any atom is 0.335 e. The van der Waals surface area contributed by atoms with Gasteiger partial charge in [0, 0.05) is 98.8 Å². The SMILES string of the molecule is C=C(C)C(=O)OCO.C=C(C)C(=O)OCOC(=O)CC1CCC(CC2CCC(N=C=O)CC2)CC1.C=C(C)C(=O)OCOC(=O)CC1CCC(CC2CCC(NC(=O)N3CCCCCC3=O)CC2)CC1.II.O=C1CCCCCN1.O=C=NC1CCC(CC2CCC(N=C=O)CC2)CC1. The fourth-order valence-corrected chi connectivity index (χ4v) is 14.7. The molecule has 3 N–H and O–H groups in total. The van der Waals surface area contributed by atoms with Gasteiger partial charge in [0.1, 0.15) is 0 Å². The van der Waals surface area contributed by atoms with Crippen LogP contribution < -0.4 is 10.6 Å². The molecule has 8 fully saturated rings. The zero-order chi connectivity index (χ0) is 72.7. The van der Waals surface area contributed by atoms with E-state index in [1.54, 1.807) is 32.1 Å². The fraction of sp³-hybridized carbons (Fsp3) is 0.770. The highest BCUT2D eigenvalue weighted by atomic mass is 128. The summed E-state index contributed by atoms with van der Waals surface area (Å²) in [5.74, 6) is 3.09. The van der Waals surface area contributed by atoms with Gasteiger partial charge in [-0.25, -0.2) is 48.5 Å². The Hall–Kier alpha value is -5.46. The first kappa shape index (κ1) is 87.8. The molecule has 6 saturated carbocycles. The molecule has 4 amide bonds. The molecular formula is C74H114I2N6O17. The van der Waals surface area contributed by atoms with Gasteiger partial charge in [0.2, 0.25) is 43.6 Å². The number of halogens is 2. The Morgan fingerprint density at radius 2 is 0.808 bits per heavy atom. The molecule has 23 nitrogen and oxygen atoms in total. The Bertz CT molecular complexity index is 2600. The van der Waals surface area contributed by atoms with Crippen LogP contribution in [0.15, 0.2) is 51.4 Å². The molecule has 8 rings (SSSR count). The number of nitrogens with zero attached hydrogens (tertiary/aromatic N) is 4. The van der Waals surface area contributed by atoms with E-state index in [-0.39, 0.29) is 78.7 Å². The zero-order valence-corrected chi connectivity index (χ0v) is 63.6. The summed E-state index contributed by atoms with van der Waals surface area (Å²) >= 11 is 4.24. The van der Waals surface area contributed by atoms with Crippen molar-refractivity contribution >= 4 is 103 Å².